The van der Waals surface area contributed by atoms with Crippen LogP contribution in [0.2, 0.25) is 0 Å². The van der Waals surface area contributed by atoms with Gasteiger partial charge in [0.2, 0.25) is 0 Å². The number of thioether (sulfide) groups is 1. The third-order valence-electron chi connectivity index (χ3n) is 3.66. The zero-order chi connectivity index (χ0) is 13.5. The first-order valence-corrected chi connectivity index (χ1v) is 8.56. The van der Waals surface area contributed by atoms with E-state index in [2.05, 4.69) is 21.8 Å². The maximum absolute atomic E-state index is 4.62. The van der Waals surface area contributed by atoms with Crippen LogP contribution in [-0.2, 0) is 12.8 Å². The van der Waals surface area contributed by atoms with Crippen molar-refractivity contribution in [3.63, 3.8) is 0 Å². The van der Waals surface area contributed by atoms with Crippen LogP contribution in [0.5, 0.6) is 0 Å². The van der Waals surface area contributed by atoms with Crippen LogP contribution in [0.25, 0.3) is 15.9 Å². The molecule has 0 atom stereocenters. The molecule has 3 aromatic heterocycles. The van der Waals surface area contributed by atoms with E-state index in [1.807, 2.05) is 28.1 Å². The molecule has 0 saturated carbocycles. The molecule has 102 valence electrons. The van der Waals surface area contributed by atoms with Crippen LogP contribution in [-0.4, -0.2) is 25.3 Å². The lowest BCUT2D eigenvalue weighted by Crippen LogP contribution is -1.99. The van der Waals surface area contributed by atoms with E-state index in [0.717, 1.165) is 27.8 Å². The fourth-order valence-corrected chi connectivity index (χ4v) is 4.63. The van der Waals surface area contributed by atoms with Crippen molar-refractivity contribution in [2.75, 3.05) is 5.75 Å². The van der Waals surface area contributed by atoms with Crippen LogP contribution in [0.1, 0.15) is 23.3 Å². The number of nitrogens with zero attached hydrogens (tertiary/aromatic N) is 4. The molecule has 6 heteroatoms. The molecule has 0 radical (unpaired) electrons. The van der Waals surface area contributed by atoms with Gasteiger partial charge in [-0.15, -0.1) is 28.1 Å². The van der Waals surface area contributed by atoms with Crippen molar-refractivity contribution in [1.29, 1.82) is 0 Å². The summed E-state index contributed by atoms with van der Waals surface area (Å²) in [7, 11) is 0. The van der Waals surface area contributed by atoms with Gasteiger partial charge in [-0.25, -0.2) is 4.98 Å². The fourth-order valence-electron chi connectivity index (χ4n) is 2.77. The number of hydrogen-bond acceptors (Lipinski definition) is 5. The second kappa shape index (κ2) is 4.86. The van der Waals surface area contributed by atoms with E-state index in [0.29, 0.717) is 0 Å². The third kappa shape index (κ3) is 1.78. The Morgan fingerprint density at radius 1 is 1.35 bits per heavy atom. The predicted molar refractivity (Wildman–Crippen MR) is 83.7 cm³/mol. The Hall–Kier alpha value is -1.40. The molecular weight excluding hydrogens is 288 g/mol. The van der Waals surface area contributed by atoms with Crippen molar-refractivity contribution >= 4 is 39.0 Å². The Morgan fingerprint density at radius 3 is 3.15 bits per heavy atom. The van der Waals surface area contributed by atoms with Crippen molar-refractivity contribution in [1.82, 2.24) is 19.6 Å². The average molecular weight is 302 g/mol. The number of thiophene rings is 1. The molecule has 3 heterocycles. The molecule has 0 N–H and O–H groups in total. The van der Waals surface area contributed by atoms with E-state index in [4.69, 9.17) is 0 Å². The molecule has 0 saturated heterocycles. The Bertz CT molecular complexity index is 802. The first kappa shape index (κ1) is 12.3. The summed E-state index contributed by atoms with van der Waals surface area (Å²) < 4.78 is 2.01. The van der Waals surface area contributed by atoms with Gasteiger partial charge in [-0.3, -0.25) is 4.40 Å². The average Bonchev–Trinajstić information content (AvgIpc) is 3.05. The maximum atomic E-state index is 4.62. The molecule has 0 spiro atoms. The quantitative estimate of drug-likeness (QED) is 0.548. The number of hydrogen-bond donors (Lipinski definition) is 0. The van der Waals surface area contributed by atoms with Gasteiger partial charge in [0.25, 0.3) is 0 Å². The Balaban J connectivity index is 1.96. The minimum atomic E-state index is 0.834. The van der Waals surface area contributed by atoms with Crippen LogP contribution >= 0.6 is 23.1 Å². The summed E-state index contributed by atoms with van der Waals surface area (Å²) >= 11 is 3.47. The summed E-state index contributed by atoms with van der Waals surface area (Å²) in [5, 5.41) is 10.8. The van der Waals surface area contributed by atoms with Crippen molar-refractivity contribution in [2.45, 2.75) is 30.8 Å². The largest absolute Gasteiger partial charge is 0.260 e. The maximum Gasteiger partial charge on any atom is 0.197 e. The second-order valence-electron chi connectivity index (χ2n) is 4.91. The molecule has 0 unspecified atom stereocenters. The lowest BCUT2D eigenvalue weighted by atomic mass is 9.97. The summed E-state index contributed by atoms with van der Waals surface area (Å²) in [6, 6.07) is 0. The molecule has 4 nitrogen and oxygen atoms in total. The lowest BCUT2D eigenvalue weighted by Gasteiger charge is -2.10. The fraction of sp³-hybridized carbons (Fsp3) is 0.357. The van der Waals surface area contributed by atoms with Crippen LogP contribution in [0.4, 0.5) is 0 Å². The highest BCUT2D eigenvalue weighted by atomic mass is 32.2. The van der Waals surface area contributed by atoms with Gasteiger partial charge < -0.3 is 0 Å². The molecule has 20 heavy (non-hydrogen) atoms. The molecule has 4 rings (SSSR count). The topological polar surface area (TPSA) is 43.1 Å². The molecule has 3 aromatic rings. The normalized spacial score (nSPS) is 14.8. The van der Waals surface area contributed by atoms with E-state index >= 15 is 0 Å². The summed E-state index contributed by atoms with van der Waals surface area (Å²) in [5.41, 5.74) is 2.42. The van der Waals surface area contributed by atoms with Crippen LogP contribution in [0.3, 0.4) is 0 Å². The predicted octanol–water partition coefficient (Wildman–Crippen LogP) is 3.50. The van der Waals surface area contributed by atoms with Gasteiger partial charge >= 0.3 is 0 Å². The Morgan fingerprint density at radius 2 is 2.25 bits per heavy atom. The van der Waals surface area contributed by atoms with Crippen LogP contribution < -0.4 is 0 Å². The Kier molecular flexibility index (Phi) is 3.00. The van der Waals surface area contributed by atoms with Gasteiger partial charge in [-0.05, 0) is 31.2 Å². The van der Waals surface area contributed by atoms with Crippen molar-refractivity contribution in [3.8, 4) is 0 Å². The number of fused-ring (bicyclic) bond motifs is 5. The number of aryl methyl sites for hydroxylation is 2. The molecule has 0 bridgehead atoms. The highest BCUT2D eigenvalue weighted by Gasteiger charge is 2.20. The summed E-state index contributed by atoms with van der Waals surface area (Å²) in [4.78, 5) is 7.22. The first-order valence-electron chi connectivity index (χ1n) is 6.76. The van der Waals surface area contributed by atoms with E-state index in [1.54, 1.807) is 11.8 Å². The zero-order valence-electron chi connectivity index (χ0n) is 11.0. The minimum absolute atomic E-state index is 0.834. The molecule has 1 aliphatic carbocycles. The van der Waals surface area contributed by atoms with Gasteiger partial charge in [0.15, 0.2) is 10.8 Å². The van der Waals surface area contributed by atoms with Gasteiger partial charge in [0, 0.05) is 10.6 Å². The Labute approximate surface area is 124 Å². The SMILES string of the molecule is C=CCSc1nnc2c3c4c(sc3ncn12)CCCC4. The van der Waals surface area contributed by atoms with Gasteiger partial charge in [-0.1, -0.05) is 17.8 Å². The van der Waals surface area contributed by atoms with Gasteiger partial charge in [0.1, 0.15) is 11.2 Å². The first-order chi connectivity index (χ1) is 9.88. The van der Waals surface area contributed by atoms with E-state index in [9.17, 15) is 0 Å². The molecule has 0 aliphatic heterocycles. The van der Waals surface area contributed by atoms with Crippen molar-refractivity contribution < 1.29 is 0 Å². The van der Waals surface area contributed by atoms with Crippen molar-refractivity contribution in [2.24, 2.45) is 0 Å². The summed E-state index contributed by atoms with van der Waals surface area (Å²) in [6.45, 7) is 3.75. The number of aromatic nitrogens is 4. The molecule has 0 aromatic carbocycles. The summed E-state index contributed by atoms with van der Waals surface area (Å²) in [6.07, 6.45) is 8.64. The highest BCUT2D eigenvalue weighted by molar-refractivity contribution is 7.99. The third-order valence-corrected chi connectivity index (χ3v) is 5.80. The van der Waals surface area contributed by atoms with E-state index in [-0.39, 0.29) is 0 Å². The monoisotopic (exact) mass is 302 g/mol. The molecule has 0 fully saturated rings. The standard InChI is InChI=1S/C14H14N4S2/c1-2-7-19-14-17-16-12-11-9-5-3-4-6-10(9)20-13(11)15-8-18(12)14/h2,8H,1,3-7H2. The zero-order valence-corrected chi connectivity index (χ0v) is 12.6. The lowest BCUT2D eigenvalue weighted by molar-refractivity contribution is 0.700. The second-order valence-corrected chi connectivity index (χ2v) is 6.98. The van der Waals surface area contributed by atoms with Crippen LogP contribution in [0.15, 0.2) is 24.1 Å². The van der Waals surface area contributed by atoms with E-state index < -0.39 is 0 Å². The molecular formula is C14H14N4S2. The van der Waals surface area contributed by atoms with Gasteiger partial charge in [-0.2, -0.15) is 0 Å². The van der Waals surface area contributed by atoms with Crippen LogP contribution in [0, 0.1) is 0 Å². The molecule has 0 amide bonds. The smallest absolute Gasteiger partial charge is 0.197 e. The highest BCUT2D eigenvalue weighted by Crippen LogP contribution is 2.37. The van der Waals surface area contributed by atoms with E-state index in [1.165, 1.54) is 35.1 Å². The minimum Gasteiger partial charge on any atom is -0.260 e. The molecule has 1 aliphatic rings. The van der Waals surface area contributed by atoms with Crippen molar-refractivity contribution in [3.05, 3.63) is 29.4 Å². The van der Waals surface area contributed by atoms with Gasteiger partial charge in [0.05, 0.1) is 5.39 Å². The summed E-state index contributed by atoms with van der Waals surface area (Å²) in [5.74, 6) is 0.834. The number of rotatable bonds is 3.